The van der Waals surface area contributed by atoms with E-state index >= 15 is 0 Å². The molecule has 0 radical (unpaired) electrons. The number of rotatable bonds is 7. The Balaban J connectivity index is 1.85. The van der Waals surface area contributed by atoms with Gasteiger partial charge in [-0.05, 0) is 54.4 Å². The minimum absolute atomic E-state index is 0.0980. The molecule has 2 N–H and O–H groups in total. The minimum atomic E-state index is -1.35. The Morgan fingerprint density at radius 3 is 2.40 bits per heavy atom. The maximum Gasteiger partial charge on any atom is 0.344 e. The zero-order chi connectivity index (χ0) is 21.8. The lowest BCUT2D eigenvalue weighted by Gasteiger charge is -2.15. The average Bonchev–Trinajstić information content (AvgIpc) is 2.71. The number of nitrogens with one attached hydrogen (secondary N) is 1. The molecular formula is C22H17F4NO3. The van der Waals surface area contributed by atoms with E-state index in [1.54, 1.807) is 6.07 Å². The van der Waals surface area contributed by atoms with E-state index in [1.165, 1.54) is 43.3 Å². The molecule has 0 amide bonds. The summed E-state index contributed by atoms with van der Waals surface area (Å²) in [6.45, 7) is 0.923. The van der Waals surface area contributed by atoms with Gasteiger partial charge in [-0.3, -0.25) is 0 Å². The number of hydrogen-bond acceptors (Lipinski definition) is 3. The molecule has 8 heteroatoms. The van der Waals surface area contributed by atoms with E-state index < -0.39 is 46.8 Å². The smallest absolute Gasteiger partial charge is 0.344 e. The first-order valence-corrected chi connectivity index (χ1v) is 8.92. The Bertz CT molecular complexity index is 1090. The number of aliphatic carboxylic acids is 1. The van der Waals surface area contributed by atoms with Gasteiger partial charge in [-0.25, -0.2) is 22.4 Å². The summed E-state index contributed by atoms with van der Waals surface area (Å²) in [4.78, 5) is 10.9. The summed E-state index contributed by atoms with van der Waals surface area (Å²) in [7, 11) is 0. The highest BCUT2D eigenvalue weighted by Crippen LogP contribution is 2.30. The molecule has 3 aromatic carbocycles. The van der Waals surface area contributed by atoms with Gasteiger partial charge in [0.25, 0.3) is 0 Å². The average molecular weight is 419 g/mol. The molecule has 1 unspecified atom stereocenters. The molecule has 4 nitrogen and oxygen atoms in total. The molecule has 0 bridgehead atoms. The number of carbonyl (C=O) groups is 1. The highest BCUT2D eigenvalue weighted by atomic mass is 19.1. The standard InChI is InChI=1S/C22H17F4NO3/c1-12(22(28)29)30-19-8-7-18(25)21(20(19)26)27-11-15-9-14(5-6-17(15)24)13-3-2-4-16(23)10-13/h2-10,12,27H,11H2,1H3,(H,28,29). The molecule has 156 valence electrons. The lowest BCUT2D eigenvalue weighted by Crippen LogP contribution is -2.23. The van der Waals surface area contributed by atoms with Crippen molar-refractivity contribution in [2.45, 2.75) is 19.6 Å². The van der Waals surface area contributed by atoms with E-state index in [0.29, 0.717) is 11.1 Å². The summed E-state index contributed by atoms with van der Waals surface area (Å²) in [5.74, 6) is -4.93. The van der Waals surface area contributed by atoms with Crippen molar-refractivity contribution in [1.29, 1.82) is 0 Å². The third-order valence-electron chi connectivity index (χ3n) is 4.37. The summed E-state index contributed by atoms with van der Waals surface area (Å²) >= 11 is 0. The van der Waals surface area contributed by atoms with Crippen LogP contribution in [0.3, 0.4) is 0 Å². The first-order valence-electron chi connectivity index (χ1n) is 8.92. The fraction of sp³-hybridized carbons (Fsp3) is 0.136. The van der Waals surface area contributed by atoms with Crippen LogP contribution in [0.25, 0.3) is 11.1 Å². The fourth-order valence-electron chi connectivity index (χ4n) is 2.77. The van der Waals surface area contributed by atoms with Crippen LogP contribution in [0.2, 0.25) is 0 Å². The van der Waals surface area contributed by atoms with Crippen molar-refractivity contribution in [2.75, 3.05) is 5.32 Å². The van der Waals surface area contributed by atoms with Crippen LogP contribution in [0.1, 0.15) is 12.5 Å². The van der Waals surface area contributed by atoms with Crippen LogP contribution >= 0.6 is 0 Å². The zero-order valence-corrected chi connectivity index (χ0v) is 15.8. The predicted octanol–water partition coefficient (Wildman–Crippen LogP) is 5.37. The molecule has 0 saturated carbocycles. The second-order valence-electron chi connectivity index (χ2n) is 6.50. The molecular weight excluding hydrogens is 402 g/mol. The van der Waals surface area contributed by atoms with Gasteiger partial charge in [0, 0.05) is 12.1 Å². The van der Waals surface area contributed by atoms with Crippen LogP contribution in [0.4, 0.5) is 23.2 Å². The maximum atomic E-state index is 14.6. The number of benzene rings is 3. The van der Waals surface area contributed by atoms with Gasteiger partial charge in [0.1, 0.15) is 23.1 Å². The largest absolute Gasteiger partial charge is 0.479 e. The van der Waals surface area contributed by atoms with Gasteiger partial charge in [-0.15, -0.1) is 0 Å². The molecule has 1 atom stereocenters. The van der Waals surface area contributed by atoms with E-state index in [2.05, 4.69) is 5.32 Å². The van der Waals surface area contributed by atoms with E-state index in [-0.39, 0.29) is 12.1 Å². The Hall–Kier alpha value is -3.55. The van der Waals surface area contributed by atoms with Gasteiger partial charge in [-0.2, -0.15) is 0 Å². The van der Waals surface area contributed by atoms with E-state index in [0.717, 1.165) is 12.1 Å². The van der Waals surface area contributed by atoms with Crippen LogP contribution < -0.4 is 10.1 Å². The lowest BCUT2D eigenvalue weighted by atomic mass is 10.0. The number of carboxylic acid groups (broad SMARTS) is 1. The summed E-state index contributed by atoms with van der Waals surface area (Å²) < 4.78 is 61.3. The van der Waals surface area contributed by atoms with Crippen molar-refractivity contribution < 1.29 is 32.2 Å². The minimum Gasteiger partial charge on any atom is -0.479 e. The van der Waals surface area contributed by atoms with Crippen molar-refractivity contribution >= 4 is 11.7 Å². The molecule has 0 aliphatic carbocycles. The van der Waals surface area contributed by atoms with Crippen molar-refractivity contribution in [2.24, 2.45) is 0 Å². The molecule has 3 rings (SSSR count). The third kappa shape index (κ3) is 4.71. The molecule has 0 saturated heterocycles. The number of hydrogen-bond donors (Lipinski definition) is 2. The Labute approximate surface area is 169 Å². The van der Waals surface area contributed by atoms with Crippen molar-refractivity contribution in [3.63, 3.8) is 0 Å². The lowest BCUT2D eigenvalue weighted by molar-refractivity contribution is -0.144. The summed E-state index contributed by atoms with van der Waals surface area (Å²) in [5, 5.41) is 11.4. The van der Waals surface area contributed by atoms with E-state index in [9.17, 15) is 22.4 Å². The molecule has 0 fully saturated rings. The molecule has 0 heterocycles. The van der Waals surface area contributed by atoms with Crippen LogP contribution in [0.5, 0.6) is 5.75 Å². The summed E-state index contributed by atoms with van der Waals surface area (Å²) in [6.07, 6.45) is -1.35. The van der Waals surface area contributed by atoms with Gasteiger partial charge in [0.2, 0.25) is 0 Å². The maximum absolute atomic E-state index is 14.6. The van der Waals surface area contributed by atoms with Gasteiger partial charge in [0.15, 0.2) is 17.7 Å². The van der Waals surface area contributed by atoms with Gasteiger partial charge < -0.3 is 15.2 Å². The highest BCUT2D eigenvalue weighted by molar-refractivity contribution is 5.72. The molecule has 0 spiro atoms. The predicted molar refractivity (Wildman–Crippen MR) is 103 cm³/mol. The van der Waals surface area contributed by atoms with Crippen LogP contribution in [-0.4, -0.2) is 17.2 Å². The van der Waals surface area contributed by atoms with Crippen molar-refractivity contribution in [1.82, 2.24) is 0 Å². The first kappa shape index (κ1) is 21.2. The van der Waals surface area contributed by atoms with Gasteiger partial charge in [-0.1, -0.05) is 18.2 Å². The Morgan fingerprint density at radius 1 is 1.00 bits per heavy atom. The van der Waals surface area contributed by atoms with Gasteiger partial charge >= 0.3 is 5.97 Å². The molecule has 0 aliphatic heterocycles. The summed E-state index contributed by atoms with van der Waals surface area (Å²) in [6, 6.07) is 11.7. The first-order chi connectivity index (χ1) is 14.3. The van der Waals surface area contributed by atoms with Crippen molar-refractivity contribution in [3.8, 4) is 16.9 Å². The topological polar surface area (TPSA) is 58.6 Å². The SMILES string of the molecule is CC(Oc1ccc(F)c(NCc2cc(-c3cccc(F)c3)ccc2F)c1F)C(=O)O. The second-order valence-corrected chi connectivity index (χ2v) is 6.50. The molecule has 3 aromatic rings. The van der Waals surface area contributed by atoms with Crippen molar-refractivity contribution in [3.05, 3.63) is 83.4 Å². The second kappa shape index (κ2) is 8.86. The van der Waals surface area contributed by atoms with E-state index in [1.807, 2.05) is 0 Å². The monoisotopic (exact) mass is 419 g/mol. The highest BCUT2D eigenvalue weighted by Gasteiger charge is 2.20. The third-order valence-corrected chi connectivity index (χ3v) is 4.37. The van der Waals surface area contributed by atoms with Crippen LogP contribution in [0.15, 0.2) is 54.6 Å². The van der Waals surface area contributed by atoms with Gasteiger partial charge in [0.05, 0.1) is 0 Å². The Kier molecular flexibility index (Phi) is 6.25. The summed E-state index contributed by atoms with van der Waals surface area (Å²) in [5.41, 5.74) is 0.564. The van der Waals surface area contributed by atoms with Crippen LogP contribution in [-0.2, 0) is 11.3 Å². The number of ether oxygens (including phenoxy) is 1. The normalized spacial score (nSPS) is 11.8. The molecule has 0 aliphatic rings. The molecule has 30 heavy (non-hydrogen) atoms. The zero-order valence-electron chi connectivity index (χ0n) is 15.8. The fourth-order valence-corrected chi connectivity index (χ4v) is 2.77. The van der Waals surface area contributed by atoms with Crippen LogP contribution in [0, 0.1) is 23.3 Å². The van der Waals surface area contributed by atoms with E-state index in [4.69, 9.17) is 9.84 Å². The number of halogens is 4. The molecule has 0 aromatic heterocycles. The Morgan fingerprint density at radius 2 is 1.70 bits per heavy atom. The number of carboxylic acids is 1. The quantitative estimate of drug-likeness (QED) is 0.506. The number of anilines is 1.